The van der Waals surface area contributed by atoms with Crippen LogP contribution in [0.4, 0.5) is 0 Å². The largest absolute Gasteiger partial charge is 0.308 e. The second-order valence-electron chi connectivity index (χ2n) is 1.50. The molecular weight excluding hydrogens is 86.1 g/mol. The van der Waals surface area contributed by atoms with Crippen LogP contribution in [0.15, 0.2) is 11.6 Å². The first-order chi connectivity index (χ1) is 3.31. The summed E-state index contributed by atoms with van der Waals surface area (Å²) in [6.45, 7) is 3.99. The molecule has 0 heterocycles. The molecule has 0 aromatic carbocycles. The zero-order valence-electron chi connectivity index (χ0n) is 4.86. The van der Waals surface area contributed by atoms with Gasteiger partial charge < -0.3 is 5.41 Å². The molecule has 1 N–H and O–H groups in total. The molecule has 0 atom stereocenters. The molecule has 7 heavy (non-hydrogen) atoms. The van der Waals surface area contributed by atoms with Crippen molar-refractivity contribution >= 4 is 6.21 Å². The average molecular weight is 97.2 g/mol. The summed E-state index contributed by atoms with van der Waals surface area (Å²) < 4.78 is 0. The van der Waals surface area contributed by atoms with Crippen LogP contribution >= 0.6 is 0 Å². The van der Waals surface area contributed by atoms with E-state index in [1.54, 1.807) is 0 Å². The molecule has 40 valence electrons. The highest BCUT2D eigenvalue weighted by Gasteiger charge is 1.73. The Morgan fingerprint density at radius 1 is 1.71 bits per heavy atom. The van der Waals surface area contributed by atoms with E-state index in [1.807, 2.05) is 13.0 Å². The predicted molar refractivity (Wildman–Crippen MR) is 32.8 cm³/mol. The van der Waals surface area contributed by atoms with Crippen LogP contribution in [-0.2, 0) is 0 Å². The minimum Gasteiger partial charge on any atom is -0.308 e. The maximum atomic E-state index is 6.72. The Kier molecular flexibility index (Phi) is 3.29. The third-order valence-electron chi connectivity index (χ3n) is 0.754. The summed E-state index contributed by atoms with van der Waals surface area (Å²) in [6, 6.07) is 0. The van der Waals surface area contributed by atoms with Gasteiger partial charge in [0.2, 0.25) is 0 Å². The summed E-state index contributed by atoms with van der Waals surface area (Å²) >= 11 is 0. The molecule has 0 saturated heterocycles. The Balaban J connectivity index is 3.49. The lowest BCUT2D eigenvalue weighted by molar-refractivity contribution is 1.20. The van der Waals surface area contributed by atoms with Gasteiger partial charge in [0.05, 0.1) is 0 Å². The summed E-state index contributed by atoms with van der Waals surface area (Å²) in [6.07, 6.45) is 4.41. The van der Waals surface area contributed by atoms with Gasteiger partial charge in [0, 0.05) is 6.21 Å². The van der Waals surface area contributed by atoms with E-state index in [9.17, 15) is 0 Å². The molecule has 1 nitrogen and oxygen atoms in total. The normalized spacial score (nSPS) is 11.4. The van der Waals surface area contributed by atoms with Crippen molar-refractivity contribution in [2.75, 3.05) is 0 Å². The first-order valence-electron chi connectivity index (χ1n) is 2.48. The Labute approximate surface area is 44.6 Å². The second kappa shape index (κ2) is 3.59. The standard InChI is InChI=1S/C6H11N/c1-3-4-6(2)5-7/h4-5,7H,3H2,1-2H3/b6-4-,7-5?. The highest BCUT2D eigenvalue weighted by molar-refractivity contribution is 5.74. The highest BCUT2D eigenvalue weighted by atomic mass is 14.3. The molecule has 0 fully saturated rings. The lowest BCUT2D eigenvalue weighted by Crippen LogP contribution is -1.71. The van der Waals surface area contributed by atoms with Crippen molar-refractivity contribution in [2.24, 2.45) is 0 Å². The Bertz CT molecular complexity index is 82.2. The van der Waals surface area contributed by atoms with Crippen LogP contribution in [0.1, 0.15) is 20.3 Å². The van der Waals surface area contributed by atoms with Gasteiger partial charge >= 0.3 is 0 Å². The summed E-state index contributed by atoms with van der Waals surface area (Å²) in [5.41, 5.74) is 1.04. The molecule has 0 aromatic heterocycles. The molecule has 0 aliphatic rings. The van der Waals surface area contributed by atoms with Crippen molar-refractivity contribution in [1.29, 1.82) is 5.41 Å². The van der Waals surface area contributed by atoms with E-state index in [2.05, 4.69) is 6.92 Å². The van der Waals surface area contributed by atoms with Crippen molar-refractivity contribution < 1.29 is 0 Å². The fourth-order valence-electron chi connectivity index (χ4n) is 0.381. The van der Waals surface area contributed by atoms with Gasteiger partial charge in [-0.1, -0.05) is 13.0 Å². The number of nitrogens with one attached hydrogen (secondary N) is 1. The maximum Gasteiger partial charge on any atom is 0.0203 e. The van der Waals surface area contributed by atoms with Crippen LogP contribution in [0.3, 0.4) is 0 Å². The fourth-order valence-corrected chi connectivity index (χ4v) is 0.381. The van der Waals surface area contributed by atoms with Crippen molar-refractivity contribution in [2.45, 2.75) is 20.3 Å². The molecule has 1 heteroatoms. The number of rotatable bonds is 2. The Morgan fingerprint density at radius 3 is 2.43 bits per heavy atom. The van der Waals surface area contributed by atoms with Crippen LogP contribution in [-0.4, -0.2) is 6.21 Å². The number of hydrogen-bond acceptors (Lipinski definition) is 1. The van der Waals surface area contributed by atoms with E-state index < -0.39 is 0 Å². The molecule has 0 radical (unpaired) electrons. The predicted octanol–water partition coefficient (Wildman–Crippen LogP) is 1.99. The third-order valence-corrected chi connectivity index (χ3v) is 0.754. The first-order valence-corrected chi connectivity index (χ1v) is 2.48. The number of allylic oxidation sites excluding steroid dienone is 2. The Morgan fingerprint density at radius 2 is 2.29 bits per heavy atom. The minimum atomic E-state index is 1.03. The summed E-state index contributed by atoms with van der Waals surface area (Å²) in [5, 5.41) is 6.72. The quantitative estimate of drug-likeness (QED) is 0.509. The van der Waals surface area contributed by atoms with Crippen molar-refractivity contribution in [3.63, 3.8) is 0 Å². The molecule has 0 aromatic rings. The van der Waals surface area contributed by atoms with Gasteiger partial charge in [0.15, 0.2) is 0 Å². The van der Waals surface area contributed by atoms with Crippen LogP contribution < -0.4 is 0 Å². The lowest BCUT2D eigenvalue weighted by atomic mass is 10.3. The summed E-state index contributed by atoms with van der Waals surface area (Å²) in [4.78, 5) is 0. The molecule has 0 spiro atoms. The van der Waals surface area contributed by atoms with Gasteiger partial charge in [-0.05, 0) is 18.9 Å². The lowest BCUT2D eigenvalue weighted by Gasteiger charge is -1.81. The van der Waals surface area contributed by atoms with Crippen molar-refractivity contribution in [3.05, 3.63) is 11.6 Å². The second-order valence-corrected chi connectivity index (χ2v) is 1.50. The minimum absolute atomic E-state index is 1.03. The molecule has 0 aliphatic carbocycles. The van der Waals surface area contributed by atoms with Gasteiger partial charge in [-0.2, -0.15) is 0 Å². The highest BCUT2D eigenvalue weighted by Crippen LogP contribution is 1.87. The van der Waals surface area contributed by atoms with Crippen LogP contribution in [0.25, 0.3) is 0 Å². The van der Waals surface area contributed by atoms with Gasteiger partial charge in [0.25, 0.3) is 0 Å². The van der Waals surface area contributed by atoms with Gasteiger partial charge in [-0.15, -0.1) is 0 Å². The van der Waals surface area contributed by atoms with E-state index in [4.69, 9.17) is 5.41 Å². The maximum absolute atomic E-state index is 6.72. The van der Waals surface area contributed by atoms with Gasteiger partial charge in [-0.3, -0.25) is 0 Å². The molecular formula is C6H11N. The van der Waals surface area contributed by atoms with E-state index in [-0.39, 0.29) is 0 Å². The first kappa shape index (κ1) is 6.41. The zero-order valence-corrected chi connectivity index (χ0v) is 4.86. The van der Waals surface area contributed by atoms with Gasteiger partial charge in [-0.25, -0.2) is 0 Å². The summed E-state index contributed by atoms with van der Waals surface area (Å²) in [7, 11) is 0. The molecule has 0 aliphatic heterocycles. The van der Waals surface area contributed by atoms with Gasteiger partial charge in [0.1, 0.15) is 0 Å². The SMILES string of the molecule is CC/C=C(/C)C=N. The zero-order chi connectivity index (χ0) is 5.70. The van der Waals surface area contributed by atoms with Crippen molar-refractivity contribution in [1.82, 2.24) is 0 Å². The Hall–Kier alpha value is -0.590. The molecule has 0 bridgehead atoms. The molecule has 0 saturated carbocycles. The average Bonchev–Trinajstić information content (AvgIpc) is 1.68. The van der Waals surface area contributed by atoms with E-state index >= 15 is 0 Å². The monoisotopic (exact) mass is 97.1 g/mol. The topological polar surface area (TPSA) is 23.9 Å². The fraction of sp³-hybridized carbons (Fsp3) is 0.500. The van der Waals surface area contributed by atoms with Crippen LogP contribution in [0.2, 0.25) is 0 Å². The van der Waals surface area contributed by atoms with Crippen LogP contribution in [0, 0.1) is 5.41 Å². The van der Waals surface area contributed by atoms with Crippen molar-refractivity contribution in [3.8, 4) is 0 Å². The molecule has 0 rings (SSSR count). The van der Waals surface area contributed by atoms with E-state index in [0.29, 0.717) is 0 Å². The molecule has 0 unspecified atom stereocenters. The summed E-state index contributed by atoms with van der Waals surface area (Å²) in [5.74, 6) is 0. The van der Waals surface area contributed by atoms with E-state index in [1.165, 1.54) is 6.21 Å². The third kappa shape index (κ3) is 3.23. The molecule has 0 amide bonds. The van der Waals surface area contributed by atoms with Crippen LogP contribution in [0.5, 0.6) is 0 Å². The smallest absolute Gasteiger partial charge is 0.0203 e. The number of hydrogen-bond donors (Lipinski definition) is 1. The van der Waals surface area contributed by atoms with E-state index in [0.717, 1.165) is 12.0 Å².